The highest BCUT2D eigenvalue weighted by Crippen LogP contribution is 2.43. The molecule has 3 aliphatic rings. The molecule has 2 unspecified atom stereocenters. The van der Waals surface area contributed by atoms with E-state index in [0.29, 0.717) is 25.0 Å². The van der Waals surface area contributed by atoms with E-state index in [1.807, 2.05) is 30.3 Å². The lowest BCUT2D eigenvalue weighted by Gasteiger charge is -2.41. The molecule has 3 heterocycles. The van der Waals surface area contributed by atoms with Gasteiger partial charge < -0.3 is 20.3 Å². The normalized spacial score (nSPS) is 24.9. The van der Waals surface area contributed by atoms with E-state index in [4.69, 9.17) is 5.11 Å². The molecule has 2 saturated heterocycles. The first-order valence-corrected chi connectivity index (χ1v) is 15.5. The molecule has 42 heavy (non-hydrogen) atoms. The molecule has 1 aromatic carbocycles. The van der Waals surface area contributed by atoms with Crippen molar-refractivity contribution in [3.8, 4) is 0 Å². The molecule has 11 heteroatoms. The highest BCUT2D eigenvalue weighted by molar-refractivity contribution is 5.79. The van der Waals surface area contributed by atoms with Crippen LogP contribution in [0, 0.1) is 5.92 Å². The minimum Gasteiger partial charge on any atom is -0.465 e. The second kappa shape index (κ2) is 13.1. The lowest BCUT2D eigenvalue weighted by molar-refractivity contribution is -0.130. The van der Waals surface area contributed by atoms with Crippen molar-refractivity contribution in [2.75, 3.05) is 13.1 Å². The minimum atomic E-state index is -2.65. The van der Waals surface area contributed by atoms with Crippen LogP contribution in [0.3, 0.4) is 0 Å². The number of aromatic nitrogens is 3. The third kappa shape index (κ3) is 7.10. The summed E-state index contributed by atoms with van der Waals surface area (Å²) in [5.41, 5.74) is 1.04. The number of amides is 2. The molecule has 9 nitrogen and oxygen atoms in total. The lowest BCUT2D eigenvalue weighted by atomic mass is 9.86. The summed E-state index contributed by atoms with van der Waals surface area (Å²) in [7, 11) is 0. The minimum absolute atomic E-state index is 0.111. The second-order valence-electron chi connectivity index (χ2n) is 12.6. The number of fused-ring (bicyclic) bond motifs is 2. The molecule has 1 aliphatic carbocycles. The fourth-order valence-corrected chi connectivity index (χ4v) is 7.28. The fourth-order valence-electron chi connectivity index (χ4n) is 7.28. The summed E-state index contributed by atoms with van der Waals surface area (Å²) >= 11 is 0. The van der Waals surface area contributed by atoms with Crippen molar-refractivity contribution >= 4 is 12.0 Å². The number of benzene rings is 1. The molecule has 1 saturated carbocycles. The van der Waals surface area contributed by atoms with Gasteiger partial charge in [-0.15, -0.1) is 10.2 Å². The van der Waals surface area contributed by atoms with Crippen molar-refractivity contribution in [3.63, 3.8) is 0 Å². The molecule has 1 aromatic heterocycles. The predicted octanol–water partition coefficient (Wildman–Crippen LogP) is 5.45. The Bertz CT molecular complexity index is 1200. The Balaban J connectivity index is 1.24. The van der Waals surface area contributed by atoms with Gasteiger partial charge in [0.2, 0.25) is 11.8 Å². The summed E-state index contributed by atoms with van der Waals surface area (Å²) < 4.78 is 29.7. The molecule has 2 bridgehead atoms. The standard InChI is InChI=1S/C31H44F2N6O3/c1-20(2)28-37-36-27(12-16-34-30(41)42)39(28)25-18-23-8-9-24(19-25)38(23)17-13-26(21-6-4-3-5-7-21)35-29(40)22-10-14-31(32,33)15-11-22/h3-7,20,22-26,34H,8-19H2,1-2H3,(H,35,40)(H,41,42)/t23?,24?,25?,26-/m0/s1. The van der Waals surface area contributed by atoms with Crippen LogP contribution in [-0.2, 0) is 11.2 Å². The molecule has 2 amide bonds. The van der Waals surface area contributed by atoms with E-state index in [0.717, 1.165) is 55.9 Å². The van der Waals surface area contributed by atoms with E-state index < -0.39 is 12.0 Å². The number of hydrogen-bond donors (Lipinski definition) is 3. The van der Waals surface area contributed by atoms with Gasteiger partial charge in [-0.3, -0.25) is 9.69 Å². The molecule has 5 rings (SSSR count). The van der Waals surface area contributed by atoms with Gasteiger partial charge >= 0.3 is 6.09 Å². The van der Waals surface area contributed by atoms with Gasteiger partial charge in [-0.05, 0) is 50.5 Å². The second-order valence-corrected chi connectivity index (χ2v) is 12.6. The van der Waals surface area contributed by atoms with Crippen LogP contribution in [0.5, 0.6) is 0 Å². The summed E-state index contributed by atoms with van der Waals surface area (Å²) in [5, 5.41) is 23.6. The molecule has 0 spiro atoms. The number of carbonyl (C=O) groups excluding carboxylic acids is 1. The number of alkyl halides is 2. The quantitative estimate of drug-likeness (QED) is 0.323. The van der Waals surface area contributed by atoms with E-state index in [1.54, 1.807) is 0 Å². The zero-order chi connectivity index (χ0) is 29.9. The molecule has 3 fully saturated rings. The molecule has 0 radical (unpaired) electrons. The van der Waals surface area contributed by atoms with Crippen LogP contribution in [0.4, 0.5) is 13.6 Å². The van der Waals surface area contributed by atoms with E-state index in [9.17, 15) is 18.4 Å². The first-order valence-electron chi connectivity index (χ1n) is 15.5. The van der Waals surface area contributed by atoms with Crippen LogP contribution >= 0.6 is 0 Å². The van der Waals surface area contributed by atoms with Crippen LogP contribution in [0.2, 0.25) is 0 Å². The maximum absolute atomic E-state index is 13.7. The average Bonchev–Trinajstić information content (AvgIpc) is 3.48. The predicted molar refractivity (Wildman–Crippen MR) is 154 cm³/mol. The summed E-state index contributed by atoms with van der Waals surface area (Å²) in [6, 6.07) is 10.9. The molecular formula is C31H44F2N6O3. The molecule has 2 aromatic rings. The van der Waals surface area contributed by atoms with E-state index in [-0.39, 0.29) is 55.5 Å². The molecule has 3 atom stereocenters. The monoisotopic (exact) mass is 586 g/mol. The number of nitrogens with one attached hydrogen (secondary N) is 2. The largest absolute Gasteiger partial charge is 0.465 e. The van der Waals surface area contributed by atoms with Crippen LogP contribution in [-0.4, -0.2) is 67.9 Å². The SMILES string of the molecule is CC(C)c1nnc(CCNC(=O)O)n1C1CC2CCC(C1)N2CC[C@H](NC(=O)C1CCC(F)(F)CC1)c1ccccc1. The number of carboxylic acid groups (broad SMARTS) is 1. The number of hydrogen-bond acceptors (Lipinski definition) is 5. The first-order chi connectivity index (χ1) is 20.1. The zero-order valence-electron chi connectivity index (χ0n) is 24.6. The van der Waals surface area contributed by atoms with Crippen molar-refractivity contribution in [2.24, 2.45) is 5.92 Å². The number of piperidine rings is 1. The first kappa shape index (κ1) is 30.4. The van der Waals surface area contributed by atoms with Gasteiger partial charge in [-0.2, -0.15) is 0 Å². The van der Waals surface area contributed by atoms with Gasteiger partial charge in [-0.1, -0.05) is 44.2 Å². The van der Waals surface area contributed by atoms with Crippen LogP contribution < -0.4 is 10.6 Å². The Morgan fingerprint density at radius 3 is 2.31 bits per heavy atom. The van der Waals surface area contributed by atoms with Gasteiger partial charge in [0.05, 0.1) is 6.04 Å². The van der Waals surface area contributed by atoms with Gasteiger partial charge in [0.15, 0.2) is 0 Å². The number of carbonyl (C=O) groups is 2. The van der Waals surface area contributed by atoms with Crippen LogP contribution in [0.1, 0.15) is 107 Å². The highest BCUT2D eigenvalue weighted by atomic mass is 19.3. The van der Waals surface area contributed by atoms with E-state index >= 15 is 0 Å². The smallest absolute Gasteiger partial charge is 0.404 e. The van der Waals surface area contributed by atoms with Crippen molar-refractivity contribution in [1.82, 2.24) is 30.3 Å². The molecular weight excluding hydrogens is 542 g/mol. The van der Waals surface area contributed by atoms with E-state index in [2.05, 4.69) is 44.1 Å². The van der Waals surface area contributed by atoms with Gasteiger partial charge in [0, 0.05) is 62.3 Å². The summed E-state index contributed by atoms with van der Waals surface area (Å²) in [5.74, 6) is -1.13. The van der Waals surface area contributed by atoms with Crippen molar-refractivity contribution in [1.29, 1.82) is 0 Å². The summed E-state index contributed by atoms with van der Waals surface area (Å²) in [6.45, 7) is 5.37. The van der Waals surface area contributed by atoms with Gasteiger partial charge in [0.1, 0.15) is 11.6 Å². The molecule has 230 valence electrons. The van der Waals surface area contributed by atoms with Crippen molar-refractivity contribution < 1.29 is 23.5 Å². The Labute approximate surface area is 246 Å². The molecule has 3 N–H and O–H groups in total. The fraction of sp³-hybridized carbons (Fsp3) is 0.677. The van der Waals surface area contributed by atoms with Gasteiger partial charge in [-0.25, -0.2) is 13.6 Å². The third-order valence-electron chi connectivity index (χ3n) is 9.44. The topological polar surface area (TPSA) is 112 Å². The Morgan fingerprint density at radius 2 is 1.69 bits per heavy atom. The van der Waals surface area contributed by atoms with Crippen molar-refractivity contribution in [2.45, 2.75) is 114 Å². The summed E-state index contributed by atoms with van der Waals surface area (Å²) in [6.07, 6.45) is 4.43. The Hall–Kier alpha value is -3.08. The van der Waals surface area contributed by atoms with E-state index in [1.165, 1.54) is 0 Å². The number of nitrogens with zero attached hydrogens (tertiary/aromatic N) is 4. The van der Waals surface area contributed by atoms with Crippen LogP contribution in [0.25, 0.3) is 0 Å². The molecule has 2 aliphatic heterocycles. The van der Waals surface area contributed by atoms with Crippen LogP contribution in [0.15, 0.2) is 30.3 Å². The highest BCUT2D eigenvalue weighted by Gasteiger charge is 2.43. The number of halogens is 2. The Morgan fingerprint density at radius 1 is 1.02 bits per heavy atom. The summed E-state index contributed by atoms with van der Waals surface area (Å²) in [4.78, 5) is 26.7. The maximum atomic E-state index is 13.7. The zero-order valence-corrected chi connectivity index (χ0v) is 24.6. The lowest BCUT2D eigenvalue weighted by Crippen LogP contribution is -2.45. The van der Waals surface area contributed by atoms with Gasteiger partial charge in [0.25, 0.3) is 0 Å². The van der Waals surface area contributed by atoms with Crippen molar-refractivity contribution in [3.05, 3.63) is 47.5 Å². The average molecular weight is 587 g/mol. The maximum Gasteiger partial charge on any atom is 0.404 e. The number of rotatable bonds is 11. The Kier molecular flexibility index (Phi) is 9.44. The third-order valence-corrected chi connectivity index (χ3v) is 9.44.